The summed E-state index contributed by atoms with van der Waals surface area (Å²) in [5, 5.41) is 21.2. The van der Waals surface area contributed by atoms with E-state index in [9.17, 15) is 14.8 Å². The molecule has 0 radical (unpaired) electrons. The van der Waals surface area contributed by atoms with E-state index < -0.39 is 19.1 Å². The molecule has 1 rings (SSSR count). The Bertz CT molecular complexity index is 418. The van der Waals surface area contributed by atoms with Crippen LogP contribution in [0.2, 0.25) is 0 Å². The van der Waals surface area contributed by atoms with Crippen LogP contribution in [0.4, 0.5) is 0 Å². The number of hydrogen-bond acceptors (Lipinski definition) is 4. The van der Waals surface area contributed by atoms with Crippen LogP contribution >= 0.6 is 12.4 Å². The lowest BCUT2D eigenvalue weighted by atomic mass is 9.75. The minimum atomic E-state index is -1.58. The first kappa shape index (κ1) is 19.9. The van der Waals surface area contributed by atoms with Gasteiger partial charge < -0.3 is 21.1 Å². The van der Waals surface area contributed by atoms with Crippen molar-refractivity contribution in [2.24, 2.45) is 11.7 Å². The van der Waals surface area contributed by atoms with Gasteiger partial charge >= 0.3 is 7.12 Å². The molecule has 7 heteroatoms. The summed E-state index contributed by atoms with van der Waals surface area (Å²) in [5.41, 5.74) is 6.83. The molecule has 0 fully saturated rings. The molecule has 1 aromatic rings. The SMILES string of the molecule is CC(C)C[C@H](NC(=O)[C@@H](N)Cc1ccccc1)B(O)O.Cl. The molecule has 0 unspecified atom stereocenters. The van der Waals surface area contributed by atoms with Crippen LogP contribution in [0.5, 0.6) is 0 Å². The van der Waals surface area contributed by atoms with Gasteiger partial charge in [0.15, 0.2) is 0 Å². The van der Waals surface area contributed by atoms with E-state index in [0.29, 0.717) is 12.8 Å². The summed E-state index contributed by atoms with van der Waals surface area (Å²) in [7, 11) is -1.58. The molecule has 5 nitrogen and oxygen atoms in total. The van der Waals surface area contributed by atoms with Crippen LogP contribution in [0.1, 0.15) is 25.8 Å². The molecule has 0 aromatic heterocycles. The summed E-state index contributed by atoms with van der Waals surface area (Å²) >= 11 is 0. The molecule has 0 aliphatic carbocycles. The van der Waals surface area contributed by atoms with Gasteiger partial charge in [-0.25, -0.2) is 0 Å². The zero-order valence-electron chi connectivity index (χ0n) is 12.4. The molecular weight excluding hydrogens is 290 g/mol. The van der Waals surface area contributed by atoms with E-state index in [1.54, 1.807) is 0 Å². The van der Waals surface area contributed by atoms with Crippen LogP contribution in [0.15, 0.2) is 30.3 Å². The topological polar surface area (TPSA) is 95.6 Å². The highest BCUT2D eigenvalue weighted by Crippen LogP contribution is 2.07. The summed E-state index contributed by atoms with van der Waals surface area (Å²) in [6, 6.07) is 8.78. The van der Waals surface area contributed by atoms with Crippen molar-refractivity contribution in [3.63, 3.8) is 0 Å². The Morgan fingerprint density at radius 1 is 1.29 bits per heavy atom. The second-order valence-electron chi connectivity index (χ2n) is 5.45. The van der Waals surface area contributed by atoms with E-state index in [1.165, 1.54) is 0 Å². The van der Waals surface area contributed by atoms with E-state index in [4.69, 9.17) is 5.73 Å². The first-order chi connectivity index (χ1) is 9.40. The third kappa shape index (κ3) is 7.48. The zero-order chi connectivity index (χ0) is 15.1. The third-order valence-electron chi connectivity index (χ3n) is 3.05. The van der Waals surface area contributed by atoms with Gasteiger partial charge in [-0.1, -0.05) is 44.2 Å². The Morgan fingerprint density at radius 3 is 2.33 bits per heavy atom. The number of halogens is 1. The number of amides is 1. The summed E-state index contributed by atoms with van der Waals surface area (Å²) in [4.78, 5) is 12.0. The number of hydrogen-bond donors (Lipinski definition) is 4. The molecule has 2 atom stereocenters. The van der Waals surface area contributed by atoms with E-state index in [2.05, 4.69) is 5.32 Å². The number of carbonyl (C=O) groups excluding carboxylic acids is 1. The molecule has 1 aromatic carbocycles. The normalized spacial score (nSPS) is 13.2. The lowest BCUT2D eigenvalue weighted by molar-refractivity contribution is -0.122. The molecule has 21 heavy (non-hydrogen) atoms. The van der Waals surface area contributed by atoms with E-state index >= 15 is 0 Å². The molecule has 1 amide bonds. The molecule has 118 valence electrons. The monoisotopic (exact) mass is 314 g/mol. The Labute approximate surface area is 132 Å². The Hall–Kier alpha value is -1.08. The van der Waals surface area contributed by atoms with Gasteiger partial charge in [0.2, 0.25) is 5.91 Å². The van der Waals surface area contributed by atoms with Gasteiger partial charge in [0.05, 0.1) is 12.0 Å². The highest BCUT2D eigenvalue weighted by Gasteiger charge is 2.27. The van der Waals surface area contributed by atoms with Crippen LogP contribution < -0.4 is 11.1 Å². The molecule has 0 aliphatic rings. The maximum atomic E-state index is 12.0. The second kappa shape index (κ2) is 9.79. The smallest absolute Gasteiger partial charge is 0.426 e. The molecule has 0 saturated carbocycles. The summed E-state index contributed by atoms with van der Waals surface area (Å²) < 4.78 is 0. The van der Waals surface area contributed by atoms with Crippen molar-refractivity contribution in [1.29, 1.82) is 0 Å². The number of benzene rings is 1. The molecule has 0 aliphatic heterocycles. The van der Waals surface area contributed by atoms with Gasteiger partial charge in [0.1, 0.15) is 0 Å². The highest BCUT2D eigenvalue weighted by atomic mass is 35.5. The van der Waals surface area contributed by atoms with E-state index in [0.717, 1.165) is 5.56 Å². The maximum absolute atomic E-state index is 12.0. The Kier molecular flexibility index (Phi) is 9.29. The minimum absolute atomic E-state index is 0. The van der Waals surface area contributed by atoms with E-state index in [1.807, 2.05) is 44.2 Å². The molecule has 0 heterocycles. The average Bonchev–Trinajstić information content (AvgIpc) is 2.38. The molecule has 5 N–H and O–H groups in total. The fourth-order valence-electron chi connectivity index (χ4n) is 2.01. The molecular formula is C14H24BClN2O3. The zero-order valence-corrected chi connectivity index (χ0v) is 13.2. The van der Waals surface area contributed by atoms with Gasteiger partial charge in [-0.05, 0) is 24.3 Å². The van der Waals surface area contributed by atoms with Crippen molar-refractivity contribution >= 4 is 25.4 Å². The largest absolute Gasteiger partial charge is 0.475 e. The van der Waals surface area contributed by atoms with Gasteiger partial charge in [-0.3, -0.25) is 4.79 Å². The van der Waals surface area contributed by atoms with Crippen LogP contribution in [0, 0.1) is 5.92 Å². The van der Waals surface area contributed by atoms with Crippen molar-refractivity contribution in [1.82, 2.24) is 5.32 Å². The van der Waals surface area contributed by atoms with Gasteiger partial charge in [0.25, 0.3) is 0 Å². The maximum Gasteiger partial charge on any atom is 0.475 e. The first-order valence-electron chi connectivity index (χ1n) is 6.86. The third-order valence-corrected chi connectivity index (χ3v) is 3.05. The lowest BCUT2D eigenvalue weighted by Crippen LogP contribution is -2.52. The number of rotatable bonds is 7. The Balaban J connectivity index is 0.00000400. The second-order valence-corrected chi connectivity index (χ2v) is 5.45. The van der Waals surface area contributed by atoms with Gasteiger partial charge in [-0.15, -0.1) is 12.4 Å². The van der Waals surface area contributed by atoms with Crippen LogP contribution in [0.25, 0.3) is 0 Å². The van der Waals surface area contributed by atoms with Gasteiger partial charge in [-0.2, -0.15) is 0 Å². The lowest BCUT2D eigenvalue weighted by Gasteiger charge is -2.21. The molecule has 0 spiro atoms. The van der Waals surface area contributed by atoms with Crippen molar-refractivity contribution in [3.8, 4) is 0 Å². The van der Waals surface area contributed by atoms with Crippen LogP contribution in [-0.2, 0) is 11.2 Å². The van der Waals surface area contributed by atoms with Crippen molar-refractivity contribution in [2.75, 3.05) is 0 Å². The fourth-order valence-corrected chi connectivity index (χ4v) is 2.01. The number of nitrogens with two attached hydrogens (primary N) is 1. The van der Waals surface area contributed by atoms with Crippen molar-refractivity contribution in [3.05, 3.63) is 35.9 Å². The van der Waals surface area contributed by atoms with E-state index in [-0.39, 0.29) is 24.2 Å². The average molecular weight is 315 g/mol. The predicted molar refractivity (Wildman–Crippen MR) is 86.9 cm³/mol. The van der Waals surface area contributed by atoms with Crippen LogP contribution in [-0.4, -0.2) is 35.1 Å². The summed E-state index contributed by atoms with van der Waals surface area (Å²) in [6.07, 6.45) is 0.907. The summed E-state index contributed by atoms with van der Waals surface area (Å²) in [5.74, 6) is -0.815. The number of carbonyl (C=O) groups is 1. The number of nitrogens with one attached hydrogen (secondary N) is 1. The Morgan fingerprint density at radius 2 is 1.86 bits per heavy atom. The van der Waals surface area contributed by atoms with Gasteiger partial charge in [0, 0.05) is 0 Å². The fraction of sp³-hybridized carbons (Fsp3) is 0.500. The van der Waals surface area contributed by atoms with Crippen molar-refractivity contribution < 1.29 is 14.8 Å². The quantitative estimate of drug-likeness (QED) is 0.552. The first-order valence-corrected chi connectivity index (χ1v) is 6.86. The minimum Gasteiger partial charge on any atom is -0.426 e. The van der Waals surface area contributed by atoms with Crippen LogP contribution in [0.3, 0.4) is 0 Å². The molecule has 0 saturated heterocycles. The summed E-state index contributed by atoms with van der Waals surface area (Å²) in [6.45, 7) is 3.90. The standard InChI is InChI=1S/C14H23BN2O3.ClH/c1-10(2)8-13(15(19)20)17-14(18)12(16)9-11-6-4-3-5-7-11;/h3-7,10,12-13,19-20H,8-9,16H2,1-2H3,(H,17,18);1H/t12-,13-;/m0./s1. The predicted octanol–water partition coefficient (Wildman–Crippen LogP) is 0.521. The van der Waals surface area contributed by atoms with Crippen molar-refractivity contribution in [2.45, 2.75) is 38.7 Å². The highest BCUT2D eigenvalue weighted by molar-refractivity contribution is 6.43. The molecule has 0 bridgehead atoms.